The normalized spacial score (nSPS) is 21.2. The fraction of sp³-hybridized carbons (Fsp3) is 0.353. The SMILES string of the molecule is C=CCOC(=O)Nc1ccc([C@H]2O[C@@H](CN3CCC(n4c(=O)[nH]c5ccccc54)CC3)C[C@@H](c3ccc(CO)cc3)O2)cc1. The molecule has 10 nitrogen and oxygen atoms in total. The molecule has 2 fully saturated rings. The summed E-state index contributed by atoms with van der Waals surface area (Å²) in [5.74, 6) is 0. The van der Waals surface area contributed by atoms with E-state index in [0.29, 0.717) is 12.1 Å². The first-order valence-electron chi connectivity index (χ1n) is 15.1. The number of carbonyl (C=O) groups is 1. The molecule has 3 atom stereocenters. The Balaban J connectivity index is 1.14. The molecule has 0 aliphatic carbocycles. The van der Waals surface area contributed by atoms with E-state index in [2.05, 4.69) is 21.8 Å². The molecule has 230 valence electrons. The van der Waals surface area contributed by atoms with Crippen molar-refractivity contribution < 1.29 is 24.1 Å². The van der Waals surface area contributed by atoms with Crippen LogP contribution < -0.4 is 11.0 Å². The molecule has 0 unspecified atom stereocenters. The van der Waals surface area contributed by atoms with Crippen LogP contribution in [0.4, 0.5) is 10.5 Å². The molecule has 1 aromatic heterocycles. The summed E-state index contributed by atoms with van der Waals surface area (Å²) in [7, 11) is 0. The molecular weight excluding hydrogens is 560 g/mol. The summed E-state index contributed by atoms with van der Waals surface area (Å²) in [6.07, 6.45) is 2.53. The Morgan fingerprint density at radius 3 is 2.48 bits per heavy atom. The molecule has 0 saturated carbocycles. The van der Waals surface area contributed by atoms with Crippen LogP contribution in [0.3, 0.4) is 0 Å². The number of benzene rings is 3. The largest absolute Gasteiger partial charge is 0.445 e. The van der Waals surface area contributed by atoms with Crippen LogP contribution in [-0.4, -0.2) is 58.0 Å². The molecule has 3 aromatic carbocycles. The number of likely N-dealkylation sites (tertiary alicyclic amines) is 1. The summed E-state index contributed by atoms with van der Waals surface area (Å²) < 4.78 is 19.9. The summed E-state index contributed by atoms with van der Waals surface area (Å²) in [5.41, 5.74) is 5.09. The minimum absolute atomic E-state index is 0.0116. The number of imidazole rings is 1. The molecule has 0 spiro atoms. The highest BCUT2D eigenvalue weighted by Crippen LogP contribution is 2.39. The van der Waals surface area contributed by atoms with Gasteiger partial charge in [0.1, 0.15) is 6.61 Å². The number of ether oxygens (including phenoxy) is 3. The maximum atomic E-state index is 12.7. The standard InChI is InChI=1S/C34H38N4O6/c1-2-19-42-34(41)35-26-13-11-25(12-14-26)32-43-28(20-31(44-32)24-9-7-23(22-39)8-10-24)21-37-17-15-27(16-18-37)38-30-6-4-3-5-29(30)36-33(38)40/h2-14,27-28,31-32,39H,1,15-22H2,(H,35,41)(H,36,40)/t28-,31+,32+/m1/s1. The molecule has 3 heterocycles. The van der Waals surface area contributed by atoms with Crippen molar-refractivity contribution in [3.8, 4) is 0 Å². The molecule has 6 rings (SSSR count). The molecule has 2 saturated heterocycles. The topological polar surface area (TPSA) is 118 Å². The van der Waals surface area contributed by atoms with Gasteiger partial charge in [0.25, 0.3) is 0 Å². The number of aromatic amines is 1. The average Bonchev–Trinajstić information content (AvgIpc) is 3.40. The number of amides is 1. The van der Waals surface area contributed by atoms with Crippen LogP contribution in [0.1, 0.15) is 54.4 Å². The lowest BCUT2D eigenvalue weighted by Gasteiger charge is -2.40. The van der Waals surface area contributed by atoms with Crippen molar-refractivity contribution in [1.82, 2.24) is 14.5 Å². The van der Waals surface area contributed by atoms with Gasteiger partial charge in [0.15, 0.2) is 6.29 Å². The van der Waals surface area contributed by atoms with Gasteiger partial charge in [-0.1, -0.05) is 61.2 Å². The molecular formula is C34H38N4O6. The lowest BCUT2D eigenvalue weighted by atomic mass is 9.98. The second kappa shape index (κ2) is 13.6. The average molecular weight is 599 g/mol. The van der Waals surface area contributed by atoms with Gasteiger partial charge in [-0.25, -0.2) is 9.59 Å². The highest BCUT2D eigenvalue weighted by molar-refractivity contribution is 5.84. The van der Waals surface area contributed by atoms with Gasteiger partial charge in [0, 0.05) is 43.3 Å². The van der Waals surface area contributed by atoms with Crippen LogP contribution in [-0.2, 0) is 20.8 Å². The third-order valence-electron chi connectivity index (χ3n) is 8.38. The van der Waals surface area contributed by atoms with Crippen molar-refractivity contribution in [3.63, 3.8) is 0 Å². The Morgan fingerprint density at radius 1 is 1.02 bits per heavy atom. The number of H-pyrrole nitrogens is 1. The minimum atomic E-state index is -0.597. The first kappa shape index (κ1) is 29.8. The fourth-order valence-corrected chi connectivity index (χ4v) is 6.13. The van der Waals surface area contributed by atoms with Crippen LogP contribution in [0.15, 0.2) is 90.2 Å². The Labute approximate surface area is 255 Å². The number of carbonyl (C=O) groups excluding carboxylic acids is 1. The van der Waals surface area contributed by atoms with Gasteiger partial charge in [0.2, 0.25) is 0 Å². The number of fused-ring (bicyclic) bond motifs is 1. The second-order valence-electron chi connectivity index (χ2n) is 11.3. The first-order valence-corrected chi connectivity index (χ1v) is 15.1. The quantitative estimate of drug-likeness (QED) is 0.220. The number of nitrogens with zero attached hydrogens (tertiary/aromatic N) is 2. The Kier molecular flexibility index (Phi) is 9.23. The lowest BCUT2D eigenvalue weighted by Crippen LogP contribution is -2.43. The number of aliphatic hydroxyl groups is 1. The molecule has 10 heteroatoms. The number of aliphatic hydroxyl groups excluding tert-OH is 1. The van der Waals surface area contributed by atoms with Crippen LogP contribution >= 0.6 is 0 Å². The van der Waals surface area contributed by atoms with Crippen molar-refractivity contribution in [2.24, 2.45) is 0 Å². The van der Waals surface area contributed by atoms with Crippen molar-refractivity contribution in [2.45, 2.75) is 50.4 Å². The second-order valence-corrected chi connectivity index (χ2v) is 11.3. The summed E-state index contributed by atoms with van der Waals surface area (Å²) in [4.78, 5) is 30.1. The summed E-state index contributed by atoms with van der Waals surface area (Å²) in [5, 5.41) is 12.2. The Morgan fingerprint density at radius 2 is 1.75 bits per heavy atom. The predicted molar refractivity (Wildman–Crippen MR) is 167 cm³/mol. The summed E-state index contributed by atoms with van der Waals surface area (Å²) >= 11 is 0. The van der Waals surface area contributed by atoms with E-state index in [1.54, 1.807) is 12.1 Å². The molecule has 2 aliphatic heterocycles. The number of hydrogen-bond donors (Lipinski definition) is 3. The maximum Gasteiger partial charge on any atom is 0.411 e. The van der Waals surface area contributed by atoms with Gasteiger partial charge < -0.3 is 29.2 Å². The third-order valence-corrected chi connectivity index (χ3v) is 8.38. The van der Waals surface area contributed by atoms with E-state index in [1.807, 2.05) is 65.2 Å². The molecule has 0 radical (unpaired) electrons. The van der Waals surface area contributed by atoms with Crippen molar-refractivity contribution in [1.29, 1.82) is 0 Å². The predicted octanol–water partition coefficient (Wildman–Crippen LogP) is 5.44. The van der Waals surface area contributed by atoms with Crippen LogP contribution in [0.2, 0.25) is 0 Å². The van der Waals surface area contributed by atoms with E-state index in [1.165, 1.54) is 6.08 Å². The van der Waals surface area contributed by atoms with E-state index >= 15 is 0 Å². The fourth-order valence-electron chi connectivity index (χ4n) is 6.13. The Hall–Kier alpha value is -4.22. The lowest BCUT2D eigenvalue weighted by molar-refractivity contribution is -0.253. The molecule has 2 aliphatic rings. The zero-order valence-corrected chi connectivity index (χ0v) is 24.6. The summed E-state index contributed by atoms with van der Waals surface area (Å²) in [6, 6.07) is 23.2. The first-order chi connectivity index (χ1) is 21.5. The highest BCUT2D eigenvalue weighted by atomic mass is 16.7. The van der Waals surface area contributed by atoms with Gasteiger partial charge in [-0.05, 0) is 48.2 Å². The molecule has 44 heavy (non-hydrogen) atoms. The monoisotopic (exact) mass is 598 g/mol. The van der Waals surface area contributed by atoms with E-state index in [-0.39, 0.29) is 37.2 Å². The van der Waals surface area contributed by atoms with Crippen molar-refractivity contribution >= 4 is 22.8 Å². The van der Waals surface area contributed by atoms with Crippen LogP contribution in [0.25, 0.3) is 11.0 Å². The number of rotatable bonds is 9. The smallest absolute Gasteiger partial charge is 0.411 e. The zero-order chi connectivity index (χ0) is 30.5. The molecule has 1 amide bonds. The summed E-state index contributed by atoms with van der Waals surface area (Å²) in [6.45, 7) is 6.14. The highest BCUT2D eigenvalue weighted by Gasteiger charge is 2.34. The number of aromatic nitrogens is 2. The van der Waals surface area contributed by atoms with Crippen LogP contribution in [0, 0.1) is 0 Å². The van der Waals surface area contributed by atoms with Crippen molar-refractivity contribution in [2.75, 3.05) is 31.6 Å². The Bertz CT molecular complexity index is 1620. The van der Waals surface area contributed by atoms with E-state index in [0.717, 1.165) is 60.2 Å². The van der Waals surface area contributed by atoms with Crippen LogP contribution in [0.5, 0.6) is 0 Å². The van der Waals surface area contributed by atoms with Crippen molar-refractivity contribution in [3.05, 3.63) is 113 Å². The van der Waals surface area contributed by atoms with Gasteiger partial charge in [0.05, 0.1) is 29.8 Å². The van der Waals surface area contributed by atoms with Gasteiger partial charge in [-0.3, -0.25) is 9.88 Å². The molecule has 3 N–H and O–H groups in total. The van der Waals surface area contributed by atoms with Gasteiger partial charge in [-0.15, -0.1) is 0 Å². The van der Waals surface area contributed by atoms with Gasteiger partial charge in [-0.2, -0.15) is 0 Å². The third kappa shape index (κ3) is 6.79. The molecule has 4 aromatic rings. The van der Waals surface area contributed by atoms with E-state index in [4.69, 9.17) is 14.2 Å². The van der Waals surface area contributed by atoms with E-state index in [9.17, 15) is 14.7 Å². The number of hydrogen-bond acceptors (Lipinski definition) is 7. The maximum absolute atomic E-state index is 12.7. The van der Waals surface area contributed by atoms with E-state index < -0.39 is 12.4 Å². The number of nitrogens with one attached hydrogen (secondary N) is 2. The molecule has 0 bridgehead atoms. The number of para-hydroxylation sites is 2. The minimum Gasteiger partial charge on any atom is -0.445 e. The number of piperidine rings is 1. The number of anilines is 1. The zero-order valence-electron chi connectivity index (χ0n) is 24.6. The van der Waals surface area contributed by atoms with Gasteiger partial charge >= 0.3 is 11.8 Å².